The standard InChI is InChI=1S/C10H16N4O/c1-14-6-9(12-13-14)10(15)8-4-2-3-7(8)5-11/h6-8H,2-5,11H2,1H3. The van der Waals surface area contributed by atoms with Crippen LogP contribution in [0.25, 0.3) is 0 Å². The molecule has 2 atom stereocenters. The van der Waals surface area contributed by atoms with Crippen molar-refractivity contribution in [1.29, 1.82) is 0 Å². The second-order valence-corrected chi connectivity index (χ2v) is 4.17. The van der Waals surface area contributed by atoms with Gasteiger partial charge in [0, 0.05) is 13.0 Å². The number of carbonyl (C=O) groups is 1. The number of nitrogens with zero attached hydrogens (tertiary/aromatic N) is 3. The van der Waals surface area contributed by atoms with Crippen molar-refractivity contribution >= 4 is 5.78 Å². The van der Waals surface area contributed by atoms with E-state index in [9.17, 15) is 4.79 Å². The minimum absolute atomic E-state index is 0.0618. The molecule has 0 spiro atoms. The van der Waals surface area contributed by atoms with Gasteiger partial charge in [0.15, 0.2) is 5.78 Å². The van der Waals surface area contributed by atoms with Gasteiger partial charge in [0.05, 0.1) is 6.20 Å². The van der Waals surface area contributed by atoms with Gasteiger partial charge >= 0.3 is 0 Å². The molecular formula is C10H16N4O. The highest BCUT2D eigenvalue weighted by Crippen LogP contribution is 2.32. The second kappa shape index (κ2) is 4.10. The maximum Gasteiger partial charge on any atom is 0.188 e. The van der Waals surface area contributed by atoms with Crippen LogP contribution in [0.4, 0.5) is 0 Å². The van der Waals surface area contributed by atoms with E-state index in [0.717, 1.165) is 19.3 Å². The van der Waals surface area contributed by atoms with Crippen LogP contribution in [0.15, 0.2) is 6.20 Å². The highest BCUT2D eigenvalue weighted by Gasteiger charge is 2.33. The highest BCUT2D eigenvalue weighted by molar-refractivity contribution is 5.96. The molecule has 15 heavy (non-hydrogen) atoms. The van der Waals surface area contributed by atoms with Crippen LogP contribution in [-0.4, -0.2) is 27.3 Å². The maximum absolute atomic E-state index is 12.1. The first kappa shape index (κ1) is 10.3. The lowest BCUT2D eigenvalue weighted by molar-refractivity contribution is 0.0888. The second-order valence-electron chi connectivity index (χ2n) is 4.17. The summed E-state index contributed by atoms with van der Waals surface area (Å²) in [4.78, 5) is 12.1. The van der Waals surface area contributed by atoms with E-state index in [1.165, 1.54) is 0 Å². The average molecular weight is 208 g/mol. The molecule has 5 heteroatoms. The minimum atomic E-state index is 0.0618. The number of hydrogen-bond acceptors (Lipinski definition) is 4. The molecule has 1 heterocycles. The normalized spacial score (nSPS) is 25.7. The van der Waals surface area contributed by atoms with Crippen LogP contribution in [-0.2, 0) is 7.05 Å². The molecule has 1 aliphatic rings. The molecule has 1 fully saturated rings. The SMILES string of the molecule is Cn1cc(C(=O)C2CCCC2CN)nn1. The van der Waals surface area contributed by atoms with E-state index in [1.54, 1.807) is 17.9 Å². The zero-order valence-electron chi connectivity index (χ0n) is 8.89. The Hall–Kier alpha value is -1.23. The number of Topliss-reactive ketones (excluding diaryl/α,β-unsaturated/α-hetero) is 1. The minimum Gasteiger partial charge on any atom is -0.330 e. The number of ketones is 1. The summed E-state index contributed by atoms with van der Waals surface area (Å²) in [7, 11) is 1.76. The largest absolute Gasteiger partial charge is 0.330 e. The van der Waals surface area contributed by atoms with Crippen LogP contribution in [0.2, 0.25) is 0 Å². The molecule has 1 aromatic rings. The molecule has 0 saturated heterocycles. The first-order valence-electron chi connectivity index (χ1n) is 5.33. The monoisotopic (exact) mass is 208 g/mol. The Morgan fingerprint density at radius 2 is 2.47 bits per heavy atom. The van der Waals surface area contributed by atoms with Gasteiger partial charge in [-0.05, 0) is 25.3 Å². The number of aryl methyl sites for hydroxylation is 1. The van der Waals surface area contributed by atoms with Gasteiger partial charge in [-0.2, -0.15) is 0 Å². The summed E-state index contributed by atoms with van der Waals surface area (Å²) in [5.74, 6) is 0.502. The van der Waals surface area contributed by atoms with Crippen molar-refractivity contribution in [1.82, 2.24) is 15.0 Å². The fourth-order valence-corrected chi connectivity index (χ4v) is 2.31. The van der Waals surface area contributed by atoms with Crippen LogP contribution < -0.4 is 5.73 Å². The van der Waals surface area contributed by atoms with E-state index in [2.05, 4.69) is 10.3 Å². The highest BCUT2D eigenvalue weighted by atomic mass is 16.1. The summed E-state index contributed by atoms with van der Waals surface area (Å²) in [5, 5.41) is 7.63. The Labute approximate surface area is 88.6 Å². The van der Waals surface area contributed by atoms with Crippen molar-refractivity contribution in [3.05, 3.63) is 11.9 Å². The fraction of sp³-hybridized carbons (Fsp3) is 0.700. The van der Waals surface area contributed by atoms with Crippen molar-refractivity contribution in [2.24, 2.45) is 24.6 Å². The molecule has 0 bridgehead atoms. The molecule has 5 nitrogen and oxygen atoms in total. The lowest BCUT2D eigenvalue weighted by Crippen LogP contribution is -2.25. The van der Waals surface area contributed by atoms with Gasteiger partial charge in [0.1, 0.15) is 5.69 Å². The Morgan fingerprint density at radius 3 is 3.07 bits per heavy atom. The van der Waals surface area contributed by atoms with Crippen LogP contribution >= 0.6 is 0 Å². The maximum atomic E-state index is 12.1. The number of carbonyl (C=O) groups excluding carboxylic acids is 1. The van der Waals surface area contributed by atoms with Gasteiger partial charge in [0.25, 0.3) is 0 Å². The van der Waals surface area contributed by atoms with E-state index in [1.807, 2.05) is 0 Å². The van der Waals surface area contributed by atoms with Gasteiger partial charge in [-0.3, -0.25) is 9.48 Å². The lowest BCUT2D eigenvalue weighted by Gasteiger charge is -2.14. The summed E-state index contributed by atoms with van der Waals surface area (Å²) >= 11 is 0. The molecule has 0 aliphatic heterocycles. The van der Waals surface area contributed by atoms with E-state index in [0.29, 0.717) is 18.2 Å². The molecule has 0 aromatic carbocycles. The van der Waals surface area contributed by atoms with Gasteiger partial charge in [0.2, 0.25) is 0 Å². The van der Waals surface area contributed by atoms with Gasteiger partial charge < -0.3 is 5.73 Å². The molecule has 82 valence electrons. The third-order valence-corrected chi connectivity index (χ3v) is 3.15. The lowest BCUT2D eigenvalue weighted by atomic mass is 9.91. The van der Waals surface area contributed by atoms with Crippen molar-refractivity contribution in [3.63, 3.8) is 0 Å². The first-order chi connectivity index (χ1) is 7.22. The Balaban J connectivity index is 2.13. The molecular weight excluding hydrogens is 192 g/mol. The summed E-state index contributed by atoms with van der Waals surface area (Å²) in [6.45, 7) is 0.594. The molecule has 2 rings (SSSR count). The zero-order chi connectivity index (χ0) is 10.8. The van der Waals surface area contributed by atoms with Crippen molar-refractivity contribution in [3.8, 4) is 0 Å². The number of aromatic nitrogens is 3. The third-order valence-electron chi connectivity index (χ3n) is 3.15. The van der Waals surface area contributed by atoms with Crippen LogP contribution in [0.1, 0.15) is 29.8 Å². The summed E-state index contributed by atoms with van der Waals surface area (Å²) in [5.41, 5.74) is 6.13. The zero-order valence-corrected chi connectivity index (χ0v) is 8.89. The van der Waals surface area contributed by atoms with Crippen LogP contribution in [0.3, 0.4) is 0 Å². The summed E-state index contributed by atoms with van der Waals surface area (Å²) in [6, 6.07) is 0. The van der Waals surface area contributed by atoms with E-state index in [-0.39, 0.29) is 11.7 Å². The first-order valence-corrected chi connectivity index (χ1v) is 5.33. The predicted molar refractivity (Wildman–Crippen MR) is 55.2 cm³/mol. The summed E-state index contributed by atoms with van der Waals surface area (Å²) < 4.78 is 1.56. The third kappa shape index (κ3) is 1.92. The molecule has 0 amide bonds. The Bertz CT molecular complexity index is 360. The predicted octanol–water partition coefficient (Wildman–Crippen LogP) is 0.373. The van der Waals surface area contributed by atoms with E-state index < -0.39 is 0 Å². The molecule has 0 radical (unpaired) electrons. The van der Waals surface area contributed by atoms with Crippen molar-refractivity contribution < 1.29 is 4.79 Å². The smallest absolute Gasteiger partial charge is 0.188 e. The number of rotatable bonds is 3. The van der Waals surface area contributed by atoms with Gasteiger partial charge in [-0.15, -0.1) is 5.10 Å². The van der Waals surface area contributed by atoms with Gasteiger partial charge in [-0.25, -0.2) is 0 Å². The quantitative estimate of drug-likeness (QED) is 0.728. The molecule has 1 aliphatic carbocycles. The molecule has 1 saturated carbocycles. The van der Waals surface area contributed by atoms with Crippen LogP contribution in [0, 0.1) is 11.8 Å². The number of hydrogen-bond donors (Lipinski definition) is 1. The van der Waals surface area contributed by atoms with E-state index in [4.69, 9.17) is 5.73 Å². The van der Waals surface area contributed by atoms with Crippen molar-refractivity contribution in [2.45, 2.75) is 19.3 Å². The summed E-state index contributed by atoms with van der Waals surface area (Å²) in [6.07, 6.45) is 4.78. The molecule has 2 unspecified atom stereocenters. The number of nitrogens with two attached hydrogens (primary N) is 1. The van der Waals surface area contributed by atoms with E-state index >= 15 is 0 Å². The van der Waals surface area contributed by atoms with Gasteiger partial charge in [-0.1, -0.05) is 11.6 Å². The molecule has 2 N–H and O–H groups in total. The van der Waals surface area contributed by atoms with Crippen LogP contribution in [0.5, 0.6) is 0 Å². The molecule has 1 aromatic heterocycles. The average Bonchev–Trinajstić information content (AvgIpc) is 2.84. The fourth-order valence-electron chi connectivity index (χ4n) is 2.31. The topological polar surface area (TPSA) is 73.8 Å². The Morgan fingerprint density at radius 1 is 1.67 bits per heavy atom. The van der Waals surface area contributed by atoms with Crippen molar-refractivity contribution in [2.75, 3.05) is 6.54 Å². The Kier molecular flexibility index (Phi) is 2.81.